The number of aromatic nitrogens is 3. The fourth-order valence-corrected chi connectivity index (χ4v) is 2.24. The van der Waals surface area contributed by atoms with Gasteiger partial charge < -0.3 is 5.32 Å². The molecule has 2 N–H and O–H groups in total. The average molecular weight is 342 g/mol. The molecule has 0 aliphatic heterocycles. The molecule has 130 valence electrons. The number of hydrogen-bond acceptors (Lipinski definition) is 3. The Labute approximate surface area is 135 Å². The predicted molar refractivity (Wildman–Crippen MR) is 80.0 cm³/mol. The summed E-state index contributed by atoms with van der Waals surface area (Å²) in [7, 11) is 1.39. The first-order valence-corrected chi connectivity index (χ1v) is 7.36. The predicted octanol–water partition coefficient (Wildman–Crippen LogP) is 1.52. The first kappa shape index (κ1) is 17.8. The zero-order valence-corrected chi connectivity index (χ0v) is 13.2. The number of nitrogens with zero attached hydrogens (tertiary/aromatic N) is 2. The Hall–Kier alpha value is -2.58. The van der Waals surface area contributed by atoms with Gasteiger partial charge in [0.2, 0.25) is 5.82 Å². The highest BCUT2D eigenvalue weighted by atomic mass is 19.1. The Kier molecular flexibility index (Phi) is 5.42. The molecular formula is C15H17F3N4O2. The maximum Gasteiger partial charge on any atom is 0.343 e. The van der Waals surface area contributed by atoms with Crippen LogP contribution in [0.2, 0.25) is 0 Å². The summed E-state index contributed by atoms with van der Waals surface area (Å²) in [5.41, 5.74) is -0.744. The normalized spacial score (nSPS) is 12.2. The van der Waals surface area contributed by atoms with Crippen LogP contribution in [-0.4, -0.2) is 27.2 Å². The van der Waals surface area contributed by atoms with Crippen LogP contribution in [0.5, 0.6) is 0 Å². The van der Waals surface area contributed by atoms with E-state index in [4.69, 9.17) is 0 Å². The fraction of sp³-hybridized carbons (Fsp3) is 0.400. The van der Waals surface area contributed by atoms with Gasteiger partial charge in [-0.1, -0.05) is 13.3 Å². The molecule has 0 saturated carbocycles. The van der Waals surface area contributed by atoms with Crippen molar-refractivity contribution in [3.63, 3.8) is 0 Å². The minimum Gasteiger partial charge on any atom is -0.349 e. The lowest BCUT2D eigenvalue weighted by molar-refractivity contribution is 0.0936. The number of H-pyrrole nitrogens is 1. The van der Waals surface area contributed by atoms with Crippen LogP contribution in [0, 0.1) is 23.4 Å². The highest BCUT2D eigenvalue weighted by molar-refractivity contribution is 5.90. The third-order valence-electron chi connectivity index (χ3n) is 3.71. The number of halogens is 3. The van der Waals surface area contributed by atoms with Crippen LogP contribution in [0.1, 0.15) is 29.5 Å². The van der Waals surface area contributed by atoms with Gasteiger partial charge in [0.25, 0.3) is 5.91 Å². The first-order valence-electron chi connectivity index (χ1n) is 7.36. The molecule has 1 heterocycles. The third-order valence-corrected chi connectivity index (χ3v) is 3.71. The standard InChI is InChI=1S/C15H17F3N4O2/c1-3-8(4-10-11(17)5-9(16)6-12(10)18)7-19-14(23)13-20-15(24)22(2)21-13/h5-6,8H,3-4,7H2,1-2H3,(H,19,23)(H,20,21,24)/t8-/m0/s1. The topological polar surface area (TPSA) is 79.8 Å². The SMILES string of the molecule is CC[C@H](CNC(=O)c1nn(C)c(=O)[nH]1)Cc1c(F)cc(F)cc1F. The van der Waals surface area contributed by atoms with E-state index in [-0.39, 0.29) is 30.3 Å². The van der Waals surface area contributed by atoms with E-state index >= 15 is 0 Å². The molecular weight excluding hydrogens is 325 g/mol. The highest BCUT2D eigenvalue weighted by Gasteiger charge is 2.18. The van der Waals surface area contributed by atoms with Crippen LogP contribution in [0.3, 0.4) is 0 Å². The molecule has 1 aromatic carbocycles. The molecule has 0 unspecified atom stereocenters. The third kappa shape index (κ3) is 4.03. The van der Waals surface area contributed by atoms with Crippen LogP contribution in [-0.2, 0) is 13.5 Å². The van der Waals surface area contributed by atoms with Gasteiger partial charge in [0, 0.05) is 31.3 Å². The number of benzene rings is 1. The quantitative estimate of drug-likeness (QED) is 0.835. The van der Waals surface area contributed by atoms with Crippen molar-refractivity contribution in [3.8, 4) is 0 Å². The van der Waals surface area contributed by atoms with Crippen molar-refractivity contribution in [3.05, 3.63) is 51.5 Å². The van der Waals surface area contributed by atoms with Crippen LogP contribution >= 0.6 is 0 Å². The number of hydrogen-bond donors (Lipinski definition) is 2. The molecule has 0 bridgehead atoms. The van der Waals surface area contributed by atoms with Crippen molar-refractivity contribution in [1.29, 1.82) is 0 Å². The smallest absolute Gasteiger partial charge is 0.343 e. The van der Waals surface area contributed by atoms with Gasteiger partial charge in [-0.2, -0.15) is 0 Å². The van der Waals surface area contributed by atoms with Gasteiger partial charge in [-0.25, -0.2) is 22.6 Å². The van der Waals surface area contributed by atoms with Gasteiger partial charge in [-0.05, 0) is 12.3 Å². The van der Waals surface area contributed by atoms with Crippen LogP contribution in [0.15, 0.2) is 16.9 Å². The minimum absolute atomic E-state index is 0.00741. The number of rotatable bonds is 6. The highest BCUT2D eigenvalue weighted by Crippen LogP contribution is 2.20. The van der Waals surface area contributed by atoms with E-state index in [9.17, 15) is 22.8 Å². The first-order chi connectivity index (χ1) is 11.3. The molecule has 9 heteroatoms. The maximum atomic E-state index is 13.7. The van der Waals surface area contributed by atoms with Crippen LogP contribution < -0.4 is 11.0 Å². The largest absolute Gasteiger partial charge is 0.349 e. The molecule has 0 radical (unpaired) electrons. The molecule has 0 saturated heterocycles. The Balaban J connectivity index is 2.02. The Bertz CT molecular complexity index is 777. The van der Waals surface area contributed by atoms with Crippen LogP contribution in [0.25, 0.3) is 0 Å². The molecule has 0 aliphatic carbocycles. The second kappa shape index (κ2) is 7.33. The lowest BCUT2D eigenvalue weighted by Crippen LogP contribution is -2.31. The monoisotopic (exact) mass is 342 g/mol. The van der Waals surface area contributed by atoms with Crippen molar-refractivity contribution in [2.75, 3.05) is 6.54 Å². The molecule has 2 rings (SSSR count). The van der Waals surface area contributed by atoms with Gasteiger partial charge in [0.05, 0.1) is 0 Å². The van der Waals surface area contributed by atoms with E-state index in [1.165, 1.54) is 7.05 Å². The number of nitrogens with one attached hydrogen (secondary N) is 2. The summed E-state index contributed by atoms with van der Waals surface area (Å²) < 4.78 is 41.3. The number of aryl methyl sites for hydroxylation is 1. The number of carbonyl (C=O) groups is 1. The van der Waals surface area contributed by atoms with Gasteiger partial charge in [-0.3, -0.25) is 9.78 Å². The van der Waals surface area contributed by atoms with Gasteiger partial charge in [-0.15, -0.1) is 5.10 Å². The van der Waals surface area contributed by atoms with E-state index in [0.29, 0.717) is 18.6 Å². The molecule has 24 heavy (non-hydrogen) atoms. The van der Waals surface area contributed by atoms with Crippen LogP contribution in [0.4, 0.5) is 13.2 Å². The molecule has 1 atom stereocenters. The fourth-order valence-electron chi connectivity index (χ4n) is 2.24. The van der Waals surface area contributed by atoms with E-state index in [2.05, 4.69) is 15.4 Å². The van der Waals surface area contributed by atoms with Crippen molar-refractivity contribution >= 4 is 5.91 Å². The van der Waals surface area contributed by atoms with E-state index in [1.807, 2.05) is 0 Å². The Morgan fingerprint density at radius 3 is 2.46 bits per heavy atom. The van der Waals surface area contributed by atoms with Crippen molar-refractivity contribution in [1.82, 2.24) is 20.1 Å². The molecule has 6 nitrogen and oxygen atoms in total. The zero-order valence-electron chi connectivity index (χ0n) is 13.2. The summed E-state index contributed by atoms with van der Waals surface area (Å²) in [5.74, 6) is -3.88. The lowest BCUT2D eigenvalue weighted by Gasteiger charge is -2.16. The summed E-state index contributed by atoms with van der Waals surface area (Å²) >= 11 is 0. The van der Waals surface area contributed by atoms with Gasteiger partial charge >= 0.3 is 5.69 Å². The zero-order chi connectivity index (χ0) is 17.9. The van der Waals surface area contributed by atoms with E-state index in [0.717, 1.165) is 4.68 Å². The Morgan fingerprint density at radius 2 is 1.96 bits per heavy atom. The second-order valence-electron chi connectivity index (χ2n) is 5.44. The summed E-state index contributed by atoms with van der Waals surface area (Å²) in [4.78, 5) is 25.4. The molecule has 2 aromatic rings. The summed E-state index contributed by atoms with van der Waals surface area (Å²) in [5, 5.41) is 6.27. The summed E-state index contributed by atoms with van der Waals surface area (Å²) in [6, 6.07) is 1.25. The molecule has 1 amide bonds. The van der Waals surface area contributed by atoms with Crippen molar-refractivity contribution < 1.29 is 18.0 Å². The second-order valence-corrected chi connectivity index (χ2v) is 5.44. The average Bonchev–Trinajstić information content (AvgIpc) is 2.85. The van der Waals surface area contributed by atoms with E-state index in [1.54, 1.807) is 6.92 Å². The van der Waals surface area contributed by atoms with Gasteiger partial charge in [0.1, 0.15) is 17.5 Å². The summed E-state index contributed by atoms with van der Waals surface area (Å²) in [6.07, 6.45) is 0.544. The molecule has 0 aliphatic rings. The molecule has 1 aromatic heterocycles. The van der Waals surface area contributed by atoms with Gasteiger partial charge in [0.15, 0.2) is 0 Å². The Morgan fingerprint density at radius 1 is 1.33 bits per heavy atom. The van der Waals surface area contributed by atoms with Crippen molar-refractivity contribution in [2.45, 2.75) is 19.8 Å². The van der Waals surface area contributed by atoms with E-state index < -0.39 is 29.0 Å². The maximum absolute atomic E-state index is 13.7. The molecule has 0 fully saturated rings. The number of aromatic amines is 1. The molecule has 0 spiro atoms. The number of amides is 1. The number of carbonyl (C=O) groups excluding carboxylic acids is 1. The lowest BCUT2D eigenvalue weighted by atomic mass is 9.96. The van der Waals surface area contributed by atoms with Crippen molar-refractivity contribution in [2.24, 2.45) is 13.0 Å². The summed E-state index contributed by atoms with van der Waals surface area (Å²) in [6.45, 7) is 1.93. The minimum atomic E-state index is -0.978.